The first kappa shape index (κ1) is 12.4. The Bertz CT molecular complexity index is 359. The van der Waals surface area contributed by atoms with Crippen LogP contribution in [0.2, 0.25) is 0 Å². The molecule has 1 heterocycles. The summed E-state index contributed by atoms with van der Waals surface area (Å²) in [6.07, 6.45) is 1.12. The first-order chi connectivity index (χ1) is 8.31. The van der Waals surface area contributed by atoms with Gasteiger partial charge in [0, 0.05) is 24.6 Å². The number of nitrogens with one attached hydrogen (secondary N) is 1. The maximum Gasteiger partial charge on any atom is 0.126 e. The second-order valence-electron chi connectivity index (χ2n) is 4.63. The summed E-state index contributed by atoms with van der Waals surface area (Å²) in [4.78, 5) is 0. The third-order valence-corrected chi connectivity index (χ3v) is 3.15. The lowest BCUT2D eigenvalue weighted by molar-refractivity contribution is 0.166. The second-order valence-corrected chi connectivity index (χ2v) is 4.63. The predicted molar refractivity (Wildman–Crippen MR) is 68.4 cm³/mol. The fourth-order valence-corrected chi connectivity index (χ4v) is 2.17. The highest BCUT2D eigenvalue weighted by Crippen LogP contribution is 2.25. The number of ether oxygens (including phenoxy) is 2. The van der Waals surface area contributed by atoms with Crippen LogP contribution in [0.5, 0.6) is 5.75 Å². The highest BCUT2D eigenvalue weighted by molar-refractivity contribution is 5.40. The maximum atomic E-state index is 5.98. The summed E-state index contributed by atoms with van der Waals surface area (Å²) in [6.45, 7) is 5.43. The lowest BCUT2D eigenvalue weighted by Crippen LogP contribution is -2.14. The van der Waals surface area contributed by atoms with Crippen LogP contribution >= 0.6 is 0 Å². The van der Waals surface area contributed by atoms with Crippen LogP contribution in [0, 0.1) is 12.8 Å². The van der Waals surface area contributed by atoms with Crippen LogP contribution in [0.4, 0.5) is 0 Å². The van der Waals surface area contributed by atoms with Crippen LogP contribution in [0.15, 0.2) is 18.2 Å². The van der Waals surface area contributed by atoms with E-state index in [0.717, 1.165) is 38.5 Å². The highest BCUT2D eigenvalue weighted by atomic mass is 16.5. The zero-order valence-corrected chi connectivity index (χ0v) is 10.7. The Balaban J connectivity index is 2.02. The number of hydrogen-bond acceptors (Lipinski definition) is 3. The monoisotopic (exact) mass is 235 g/mol. The Morgan fingerprint density at radius 1 is 1.47 bits per heavy atom. The topological polar surface area (TPSA) is 30.5 Å². The molecule has 1 aliphatic rings. The molecule has 0 aromatic heterocycles. The van der Waals surface area contributed by atoms with Crippen molar-refractivity contribution >= 4 is 0 Å². The molecule has 1 fully saturated rings. The van der Waals surface area contributed by atoms with Gasteiger partial charge in [0.05, 0.1) is 13.2 Å². The SMILES string of the molecule is CNCc1cccc(C)c1OCC1CCOC1. The summed E-state index contributed by atoms with van der Waals surface area (Å²) in [5.41, 5.74) is 2.43. The van der Waals surface area contributed by atoms with Crippen LogP contribution in [0.3, 0.4) is 0 Å². The third kappa shape index (κ3) is 3.20. The van der Waals surface area contributed by atoms with Gasteiger partial charge in [0.1, 0.15) is 5.75 Å². The van der Waals surface area contributed by atoms with Gasteiger partial charge >= 0.3 is 0 Å². The average Bonchev–Trinajstić information content (AvgIpc) is 2.82. The molecule has 0 amide bonds. The van der Waals surface area contributed by atoms with E-state index in [1.54, 1.807) is 0 Å². The lowest BCUT2D eigenvalue weighted by atomic mass is 10.1. The van der Waals surface area contributed by atoms with E-state index in [2.05, 4.69) is 30.4 Å². The minimum Gasteiger partial charge on any atom is -0.493 e. The van der Waals surface area contributed by atoms with Gasteiger partial charge in [0.25, 0.3) is 0 Å². The molecule has 0 saturated carbocycles. The highest BCUT2D eigenvalue weighted by Gasteiger charge is 2.17. The molecule has 1 saturated heterocycles. The Morgan fingerprint density at radius 3 is 3.06 bits per heavy atom. The Hall–Kier alpha value is -1.06. The summed E-state index contributed by atoms with van der Waals surface area (Å²) in [6, 6.07) is 6.29. The van der Waals surface area contributed by atoms with Crippen molar-refractivity contribution in [2.24, 2.45) is 5.92 Å². The molecular weight excluding hydrogens is 214 g/mol. The summed E-state index contributed by atoms with van der Waals surface area (Å²) >= 11 is 0. The minimum atomic E-state index is 0.553. The molecule has 94 valence electrons. The van der Waals surface area contributed by atoms with Gasteiger partial charge < -0.3 is 14.8 Å². The Kier molecular flexibility index (Phi) is 4.40. The van der Waals surface area contributed by atoms with Crippen molar-refractivity contribution in [3.8, 4) is 5.75 Å². The summed E-state index contributed by atoms with van der Waals surface area (Å²) in [5, 5.41) is 3.17. The molecule has 1 aromatic rings. The molecular formula is C14H21NO2. The van der Waals surface area contributed by atoms with Crippen LogP contribution in [0.1, 0.15) is 17.5 Å². The van der Waals surface area contributed by atoms with Crippen molar-refractivity contribution in [1.29, 1.82) is 0 Å². The van der Waals surface area contributed by atoms with E-state index >= 15 is 0 Å². The number of hydrogen-bond donors (Lipinski definition) is 1. The molecule has 3 nitrogen and oxygen atoms in total. The van der Waals surface area contributed by atoms with Gasteiger partial charge in [-0.3, -0.25) is 0 Å². The van der Waals surface area contributed by atoms with Crippen LogP contribution in [0.25, 0.3) is 0 Å². The average molecular weight is 235 g/mol. The summed E-state index contributed by atoms with van der Waals surface area (Å²) in [5.74, 6) is 1.59. The number of para-hydroxylation sites is 1. The number of rotatable bonds is 5. The van der Waals surface area contributed by atoms with Crippen molar-refractivity contribution in [2.75, 3.05) is 26.9 Å². The van der Waals surface area contributed by atoms with Gasteiger partial charge in [-0.15, -0.1) is 0 Å². The normalized spacial score (nSPS) is 19.5. The largest absolute Gasteiger partial charge is 0.493 e. The quantitative estimate of drug-likeness (QED) is 0.848. The van der Waals surface area contributed by atoms with E-state index < -0.39 is 0 Å². The molecule has 1 N–H and O–H groups in total. The first-order valence-electron chi connectivity index (χ1n) is 6.25. The molecule has 1 aromatic carbocycles. The molecule has 0 spiro atoms. The molecule has 1 aliphatic heterocycles. The molecule has 0 aliphatic carbocycles. The van der Waals surface area contributed by atoms with Crippen LogP contribution < -0.4 is 10.1 Å². The maximum absolute atomic E-state index is 5.98. The van der Waals surface area contributed by atoms with E-state index in [4.69, 9.17) is 9.47 Å². The van der Waals surface area contributed by atoms with Crippen molar-refractivity contribution in [1.82, 2.24) is 5.32 Å². The Labute approximate surface area is 103 Å². The molecule has 0 radical (unpaired) electrons. The van der Waals surface area contributed by atoms with E-state index in [9.17, 15) is 0 Å². The summed E-state index contributed by atoms with van der Waals surface area (Å²) in [7, 11) is 1.96. The van der Waals surface area contributed by atoms with Crippen molar-refractivity contribution < 1.29 is 9.47 Å². The van der Waals surface area contributed by atoms with Gasteiger partial charge in [-0.1, -0.05) is 18.2 Å². The molecule has 17 heavy (non-hydrogen) atoms. The van der Waals surface area contributed by atoms with Crippen LogP contribution in [-0.2, 0) is 11.3 Å². The summed E-state index contributed by atoms with van der Waals surface area (Å²) < 4.78 is 11.3. The van der Waals surface area contributed by atoms with Crippen LogP contribution in [-0.4, -0.2) is 26.9 Å². The van der Waals surface area contributed by atoms with Crippen molar-refractivity contribution in [3.63, 3.8) is 0 Å². The molecule has 3 heteroatoms. The number of aryl methyl sites for hydroxylation is 1. The zero-order chi connectivity index (χ0) is 12.1. The standard InChI is InChI=1S/C14H21NO2/c1-11-4-3-5-13(8-15-2)14(11)17-10-12-6-7-16-9-12/h3-5,12,15H,6-10H2,1-2H3. The molecule has 2 rings (SSSR count). The van der Waals surface area contributed by atoms with Gasteiger partial charge in [-0.2, -0.15) is 0 Å². The first-order valence-corrected chi connectivity index (χ1v) is 6.25. The predicted octanol–water partition coefficient (Wildman–Crippen LogP) is 2.13. The molecule has 0 bridgehead atoms. The van der Waals surface area contributed by atoms with Crippen molar-refractivity contribution in [2.45, 2.75) is 19.9 Å². The number of benzene rings is 1. The fraction of sp³-hybridized carbons (Fsp3) is 0.571. The fourth-order valence-electron chi connectivity index (χ4n) is 2.17. The van der Waals surface area contributed by atoms with Crippen molar-refractivity contribution in [3.05, 3.63) is 29.3 Å². The van der Waals surface area contributed by atoms with Gasteiger partial charge in [0.2, 0.25) is 0 Å². The zero-order valence-electron chi connectivity index (χ0n) is 10.7. The third-order valence-electron chi connectivity index (χ3n) is 3.15. The lowest BCUT2D eigenvalue weighted by Gasteiger charge is -2.16. The van der Waals surface area contributed by atoms with E-state index in [1.807, 2.05) is 7.05 Å². The van der Waals surface area contributed by atoms with Gasteiger partial charge in [-0.05, 0) is 26.0 Å². The molecule has 1 unspecified atom stereocenters. The van der Waals surface area contributed by atoms with E-state index in [1.165, 1.54) is 11.1 Å². The minimum absolute atomic E-state index is 0.553. The second kappa shape index (κ2) is 6.03. The van der Waals surface area contributed by atoms with E-state index in [0.29, 0.717) is 5.92 Å². The Morgan fingerprint density at radius 2 is 2.35 bits per heavy atom. The van der Waals surface area contributed by atoms with E-state index in [-0.39, 0.29) is 0 Å². The molecule has 1 atom stereocenters. The smallest absolute Gasteiger partial charge is 0.126 e. The van der Waals surface area contributed by atoms with Gasteiger partial charge in [-0.25, -0.2) is 0 Å². The van der Waals surface area contributed by atoms with Gasteiger partial charge in [0.15, 0.2) is 0 Å².